The van der Waals surface area contributed by atoms with Crippen molar-refractivity contribution in [1.29, 1.82) is 0 Å². The maximum Gasteiger partial charge on any atom is 2.00 e. The van der Waals surface area contributed by atoms with Crippen LogP contribution in [0.5, 0.6) is 0 Å². The molecule has 1 aromatic carbocycles. The predicted molar refractivity (Wildman–Crippen MR) is 62.6 cm³/mol. The second-order valence-electron chi connectivity index (χ2n) is 3.81. The van der Waals surface area contributed by atoms with Gasteiger partial charge >= 0.3 is 16.5 Å². The molecule has 1 N–H and O–H groups in total. The van der Waals surface area contributed by atoms with Gasteiger partial charge in [-0.2, -0.15) is 0 Å². The second-order valence-corrected chi connectivity index (χ2v) is 3.81. The van der Waals surface area contributed by atoms with Crippen LogP contribution >= 0.6 is 0 Å². The number of rotatable bonds is 4. The molecule has 2 aromatic rings. The van der Waals surface area contributed by atoms with Crippen molar-refractivity contribution in [2.75, 3.05) is 0 Å². The Kier molecular flexibility index (Phi) is 7.04. The summed E-state index contributed by atoms with van der Waals surface area (Å²) < 4.78 is 1.91. The van der Waals surface area contributed by atoms with Gasteiger partial charge in [0.05, 0.1) is 0 Å². The molecule has 0 saturated carbocycles. The third kappa shape index (κ3) is 3.27. The number of carboxylic acids is 1. The molecule has 3 nitrogen and oxygen atoms in total. The molecular formula is C13H14ClNNiO2. The normalized spacial score (nSPS) is 9.61. The Bertz CT molecular complexity index is 525. The summed E-state index contributed by atoms with van der Waals surface area (Å²) in [6.07, 6.45) is 5.06. The number of para-hydroxylation sites is 1. The summed E-state index contributed by atoms with van der Waals surface area (Å²) in [5, 5.41) is 9.85. The molecule has 0 saturated heterocycles. The van der Waals surface area contributed by atoms with Gasteiger partial charge in [0.25, 0.3) is 0 Å². The van der Waals surface area contributed by atoms with Gasteiger partial charge < -0.3 is 26.9 Å². The Morgan fingerprint density at radius 2 is 2.06 bits per heavy atom. The molecule has 0 amide bonds. The Morgan fingerprint density at radius 1 is 1.39 bits per heavy atom. The quantitative estimate of drug-likeness (QED) is 0.635. The van der Waals surface area contributed by atoms with Crippen LogP contribution in [0.25, 0.3) is 10.9 Å². The van der Waals surface area contributed by atoms with Gasteiger partial charge in [-0.15, -0.1) is 11.5 Å². The van der Waals surface area contributed by atoms with Crippen molar-refractivity contribution in [3.63, 3.8) is 0 Å². The number of nitrogens with zero attached hydrogens (tertiary/aromatic N) is 1. The van der Waals surface area contributed by atoms with E-state index in [0.717, 1.165) is 30.3 Å². The monoisotopic (exact) mass is 309 g/mol. The van der Waals surface area contributed by atoms with E-state index >= 15 is 0 Å². The first-order valence-electron chi connectivity index (χ1n) is 5.48. The van der Waals surface area contributed by atoms with Crippen LogP contribution in [0, 0.1) is 6.20 Å². The number of carbonyl (C=O) groups is 1. The van der Waals surface area contributed by atoms with E-state index in [4.69, 9.17) is 5.11 Å². The first-order chi connectivity index (χ1) is 7.74. The Labute approximate surface area is 123 Å². The van der Waals surface area contributed by atoms with Crippen molar-refractivity contribution in [3.05, 3.63) is 36.0 Å². The molecule has 0 fully saturated rings. The number of hydrogen-bond donors (Lipinski definition) is 1. The van der Waals surface area contributed by atoms with Crippen molar-refractivity contribution in [3.8, 4) is 0 Å². The molecule has 2 rings (SSSR count). The minimum Gasteiger partial charge on any atom is -1.00 e. The number of aromatic nitrogens is 1. The molecule has 0 radical (unpaired) electrons. The number of fused-ring (bicyclic) bond motifs is 1. The summed E-state index contributed by atoms with van der Waals surface area (Å²) in [6.45, 7) is 2.94. The largest absolute Gasteiger partial charge is 2.00 e. The zero-order valence-electron chi connectivity index (χ0n) is 9.93. The van der Waals surface area contributed by atoms with Gasteiger partial charge in [-0.25, -0.2) is 0 Å². The van der Waals surface area contributed by atoms with Crippen molar-refractivity contribution < 1.29 is 38.8 Å². The molecule has 1 aromatic heterocycles. The molecule has 0 bridgehead atoms. The summed E-state index contributed by atoms with van der Waals surface area (Å²) in [5.41, 5.74) is 1.22. The predicted octanol–water partition coefficient (Wildman–Crippen LogP) is -0.0587. The summed E-state index contributed by atoms with van der Waals surface area (Å²) in [4.78, 5) is 11.1. The molecule has 0 unspecified atom stereocenters. The van der Waals surface area contributed by atoms with Gasteiger partial charge in [-0.3, -0.25) is 0 Å². The number of unbranched alkanes of at least 4 members (excludes halogenated alkanes) is 1. The fourth-order valence-electron chi connectivity index (χ4n) is 1.83. The van der Waals surface area contributed by atoms with Gasteiger partial charge in [-0.05, 0) is 12.0 Å². The van der Waals surface area contributed by atoms with Crippen LogP contribution < -0.4 is 12.4 Å². The number of aryl methyl sites for hydroxylation is 1. The minimum atomic E-state index is -0.911. The first kappa shape index (κ1) is 17.0. The number of halogens is 1. The molecule has 0 atom stereocenters. The summed E-state index contributed by atoms with van der Waals surface area (Å²) in [6, 6.07) is 7.54. The Hall–Kier alpha value is -0.986. The van der Waals surface area contributed by atoms with Crippen LogP contribution in [0.4, 0.5) is 0 Å². The number of benzene rings is 1. The fourth-order valence-corrected chi connectivity index (χ4v) is 1.83. The van der Waals surface area contributed by atoms with Crippen molar-refractivity contribution >= 4 is 16.9 Å². The van der Waals surface area contributed by atoms with E-state index in [1.165, 1.54) is 0 Å². The third-order valence-corrected chi connectivity index (χ3v) is 2.66. The molecular weight excluding hydrogens is 296 g/mol. The van der Waals surface area contributed by atoms with Crippen LogP contribution in [0.1, 0.15) is 30.1 Å². The summed E-state index contributed by atoms with van der Waals surface area (Å²) in [7, 11) is 0. The smallest absolute Gasteiger partial charge is 1.00 e. The Morgan fingerprint density at radius 3 is 2.67 bits per heavy atom. The zero-order chi connectivity index (χ0) is 11.5. The average Bonchev–Trinajstić information content (AvgIpc) is 2.65. The van der Waals surface area contributed by atoms with Crippen LogP contribution in [0.2, 0.25) is 0 Å². The summed E-state index contributed by atoms with van der Waals surface area (Å²) >= 11 is 0. The third-order valence-electron chi connectivity index (χ3n) is 2.66. The van der Waals surface area contributed by atoms with E-state index < -0.39 is 5.97 Å². The second kappa shape index (κ2) is 7.45. The first-order valence-corrected chi connectivity index (χ1v) is 5.48. The van der Waals surface area contributed by atoms with Crippen LogP contribution in [-0.4, -0.2) is 15.6 Å². The molecule has 18 heavy (non-hydrogen) atoms. The SMILES string of the molecule is CCCCn1[c-]c(C(=O)O)c2ccccc21.[Cl-].[Ni+2]. The zero-order valence-corrected chi connectivity index (χ0v) is 11.7. The van der Waals surface area contributed by atoms with E-state index in [-0.39, 0.29) is 34.5 Å². The molecule has 0 aliphatic carbocycles. The topological polar surface area (TPSA) is 42.2 Å². The van der Waals surface area contributed by atoms with Crippen molar-refractivity contribution in [2.45, 2.75) is 26.3 Å². The van der Waals surface area contributed by atoms with Crippen LogP contribution in [0.15, 0.2) is 24.3 Å². The number of aromatic carboxylic acids is 1. The van der Waals surface area contributed by atoms with Gasteiger partial charge in [0.15, 0.2) is 0 Å². The van der Waals surface area contributed by atoms with Gasteiger partial charge in [0.2, 0.25) is 5.97 Å². The minimum absolute atomic E-state index is 0. The fraction of sp³-hybridized carbons (Fsp3) is 0.308. The van der Waals surface area contributed by atoms with Gasteiger partial charge in [0.1, 0.15) is 0 Å². The molecule has 100 valence electrons. The van der Waals surface area contributed by atoms with Crippen molar-refractivity contribution in [1.82, 2.24) is 4.57 Å². The van der Waals surface area contributed by atoms with E-state index in [1.807, 2.05) is 28.8 Å². The van der Waals surface area contributed by atoms with E-state index in [2.05, 4.69) is 13.1 Å². The van der Waals surface area contributed by atoms with Gasteiger partial charge in [-0.1, -0.05) is 43.3 Å². The van der Waals surface area contributed by atoms with Gasteiger partial charge in [0, 0.05) is 6.54 Å². The van der Waals surface area contributed by atoms with E-state index in [1.54, 1.807) is 0 Å². The summed E-state index contributed by atoms with van der Waals surface area (Å²) in [5.74, 6) is -0.911. The molecule has 5 heteroatoms. The van der Waals surface area contributed by atoms with E-state index in [0.29, 0.717) is 0 Å². The van der Waals surface area contributed by atoms with E-state index in [9.17, 15) is 4.79 Å². The average molecular weight is 310 g/mol. The molecule has 1 heterocycles. The number of hydrogen-bond acceptors (Lipinski definition) is 1. The maximum absolute atomic E-state index is 11.1. The molecule has 0 aliphatic rings. The van der Waals surface area contributed by atoms with Crippen molar-refractivity contribution in [2.24, 2.45) is 0 Å². The standard InChI is InChI=1S/C13H14NO2.ClH.Ni/c1-2-3-8-14-9-11(13(15)16)10-6-4-5-7-12(10)14;;/h4-7H,2-3,8H2,1H3,(H,15,16);1H;/q-1;;+2/p-1. The molecule has 0 spiro atoms. The van der Waals surface area contributed by atoms with Crippen LogP contribution in [0.3, 0.4) is 0 Å². The molecule has 0 aliphatic heterocycles. The Balaban J connectivity index is 0.00000144. The number of carboxylic acid groups (broad SMARTS) is 1. The van der Waals surface area contributed by atoms with Crippen LogP contribution in [-0.2, 0) is 23.0 Å². The maximum atomic E-state index is 11.1.